The highest BCUT2D eigenvalue weighted by Gasteiger charge is 1.92. The van der Waals surface area contributed by atoms with Crippen molar-refractivity contribution in [2.24, 2.45) is 0 Å². The highest BCUT2D eigenvalue weighted by molar-refractivity contribution is 7.79. The standard InChI is InChI=1S/C12H10.C5H10O2S/c1-3-7-11(8-4-1)12-9-5-2-6-10-12;1-3-6-5(8)7-4-2/h1-10H;3-4H2,1-2H3. The molecule has 0 radical (unpaired) electrons. The van der Waals surface area contributed by atoms with Crippen LogP contribution in [0, 0.1) is 0 Å². The van der Waals surface area contributed by atoms with Crippen LogP contribution in [0.2, 0.25) is 0 Å². The average Bonchev–Trinajstić information content (AvgIpc) is 2.50. The first-order valence-electron chi connectivity index (χ1n) is 6.68. The van der Waals surface area contributed by atoms with Gasteiger partial charge in [0.15, 0.2) is 0 Å². The first-order valence-corrected chi connectivity index (χ1v) is 7.08. The summed E-state index contributed by atoms with van der Waals surface area (Å²) in [5.41, 5.74) is 2.55. The molecule has 0 saturated heterocycles. The summed E-state index contributed by atoms with van der Waals surface area (Å²) in [4.78, 5) is 0. The number of hydrogen-bond donors (Lipinski definition) is 0. The van der Waals surface area contributed by atoms with Crippen LogP contribution in [0.25, 0.3) is 11.1 Å². The molecule has 0 aliphatic rings. The minimum atomic E-state index is 0.245. The first kappa shape index (κ1) is 16.2. The maximum atomic E-state index is 4.79. The third kappa shape index (κ3) is 6.34. The Morgan fingerprint density at radius 3 is 1.40 bits per heavy atom. The zero-order valence-corrected chi connectivity index (χ0v) is 12.7. The largest absolute Gasteiger partial charge is 0.457 e. The van der Waals surface area contributed by atoms with E-state index in [-0.39, 0.29) is 5.24 Å². The zero-order chi connectivity index (χ0) is 14.6. The van der Waals surface area contributed by atoms with E-state index in [1.54, 1.807) is 0 Å². The molecule has 2 aromatic carbocycles. The highest BCUT2D eigenvalue weighted by atomic mass is 32.1. The third-order valence-corrected chi connectivity index (χ3v) is 2.64. The fraction of sp³-hybridized carbons (Fsp3) is 0.235. The Morgan fingerprint density at radius 2 is 1.10 bits per heavy atom. The number of benzene rings is 2. The number of rotatable bonds is 3. The normalized spacial score (nSPS) is 9.10. The predicted molar refractivity (Wildman–Crippen MR) is 87.7 cm³/mol. The van der Waals surface area contributed by atoms with Crippen LogP contribution in [0.1, 0.15) is 13.8 Å². The molecule has 0 aromatic heterocycles. The molecule has 0 bridgehead atoms. The maximum absolute atomic E-state index is 4.79. The molecule has 2 rings (SSSR count). The Bertz CT molecular complexity index is 437. The van der Waals surface area contributed by atoms with Gasteiger partial charge in [-0.25, -0.2) is 0 Å². The summed E-state index contributed by atoms with van der Waals surface area (Å²) in [6, 6.07) is 20.8. The molecule has 0 aliphatic heterocycles. The van der Waals surface area contributed by atoms with Crippen molar-refractivity contribution in [1.82, 2.24) is 0 Å². The van der Waals surface area contributed by atoms with Crippen LogP contribution in [0.4, 0.5) is 0 Å². The van der Waals surface area contributed by atoms with Crippen LogP contribution >= 0.6 is 12.2 Å². The van der Waals surface area contributed by atoms with Gasteiger partial charge in [0.05, 0.1) is 13.2 Å². The maximum Gasteiger partial charge on any atom is 0.352 e. The van der Waals surface area contributed by atoms with Crippen LogP contribution in [-0.2, 0) is 9.47 Å². The Kier molecular flexibility index (Phi) is 8.08. The fourth-order valence-electron chi connectivity index (χ4n) is 1.54. The Balaban J connectivity index is 0.000000221. The van der Waals surface area contributed by atoms with Gasteiger partial charge >= 0.3 is 5.24 Å². The van der Waals surface area contributed by atoms with Gasteiger partial charge in [-0.15, -0.1) is 0 Å². The summed E-state index contributed by atoms with van der Waals surface area (Å²) in [5, 5.41) is 0.245. The third-order valence-electron chi connectivity index (χ3n) is 2.41. The number of thiocarbonyl (C=S) groups is 1. The fourth-order valence-corrected chi connectivity index (χ4v) is 1.77. The molecule has 0 heterocycles. The molecule has 0 saturated carbocycles. The van der Waals surface area contributed by atoms with Gasteiger partial charge in [0.1, 0.15) is 0 Å². The van der Waals surface area contributed by atoms with Crippen molar-refractivity contribution in [1.29, 1.82) is 0 Å². The zero-order valence-electron chi connectivity index (χ0n) is 11.9. The van der Waals surface area contributed by atoms with E-state index in [2.05, 4.69) is 60.7 Å². The van der Waals surface area contributed by atoms with Gasteiger partial charge in [0.2, 0.25) is 0 Å². The second-order valence-corrected chi connectivity index (χ2v) is 4.18. The molecule has 3 heteroatoms. The van der Waals surface area contributed by atoms with E-state index in [1.807, 2.05) is 26.0 Å². The molecule has 0 aliphatic carbocycles. The lowest BCUT2D eigenvalue weighted by molar-refractivity contribution is 0.194. The molecule has 106 valence electrons. The second kappa shape index (κ2) is 9.98. The summed E-state index contributed by atoms with van der Waals surface area (Å²) in [7, 11) is 0. The van der Waals surface area contributed by atoms with Crippen molar-refractivity contribution in [3.05, 3.63) is 60.7 Å². The van der Waals surface area contributed by atoms with Crippen molar-refractivity contribution in [2.75, 3.05) is 13.2 Å². The van der Waals surface area contributed by atoms with E-state index in [0.29, 0.717) is 13.2 Å². The molecule has 0 N–H and O–H groups in total. The second-order valence-electron chi connectivity index (χ2n) is 3.85. The van der Waals surface area contributed by atoms with Gasteiger partial charge in [-0.1, -0.05) is 60.7 Å². The number of hydrogen-bond acceptors (Lipinski definition) is 3. The smallest absolute Gasteiger partial charge is 0.352 e. The van der Waals surface area contributed by atoms with Gasteiger partial charge in [0, 0.05) is 12.2 Å². The summed E-state index contributed by atoms with van der Waals surface area (Å²) >= 11 is 4.61. The lowest BCUT2D eigenvalue weighted by Gasteiger charge is -2.02. The van der Waals surface area contributed by atoms with Crippen molar-refractivity contribution in [2.45, 2.75) is 13.8 Å². The summed E-state index contributed by atoms with van der Waals surface area (Å²) in [6.07, 6.45) is 0. The van der Waals surface area contributed by atoms with Gasteiger partial charge in [-0.05, 0) is 25.0 Å². The van der Waals surface area contributed by atoms with E-state index < -0.39 is 0 Å². The number of ether oxygens (including phenoxy) is 2. The average molecular weight is 288 g/mol. The molecular formula is C17H20O2S. The summed E-state index contributed by atoms with van der Waals surface area (Å²) < 4.78 is 9.58. The van der Waals surface area contributed by atoms with Crippen LogP contribution in [0.15, 0.2) is 60.7 Å². The van der Waals surface area contributed by atoms with Gasteiger partial charge in [0.25, 0.3) is 0 Å². The first-order chi connectivity index (χ1) is 9.77. The van der Waals surface area contributed by atoms with E-state index in [9.17, 15) is 0 Å². The molecule has 0 fully saturated rings. The molecule has 2 nitrogen and oxygen atoms in total. The minimum absolute atomic E-state index is 0.245. The molecule has 0 amide bonds. The molecule has 2 aromatic rings. The molecule has 0 spiro atoms. The molecule has 0 atom stereocenters. The monoisotopic (exact) mass is 288 g/mol. The van der Waals surface area contributed by atoms with Crippen molar-refractivity contribution < 1.29 is 9.47 Å². The highest BCUT2D eigenvalue weighted by Crippen LogP contribution is 2.17. The Morgan fingerprint density at radius 1 is 0.750 bits per heavy atom. The quantitative estimate of drug-likeness (QED) is 0.763. The van der Waals surface area contributed by atoms with E-state index in [0.717, 1.165) is 0 Å². The van der Waals surface area contributed by atoms with Gasteiger partial charge < -0.3 is 9.47 Å². The molecule has 0 unspecified atom stereocenters. The van der Waals surface area contributed by atoms with Crippen molar-refractivity contribution >= 4 is 17.5 Å². The molecule has 20 heavy (non-hydrogen) atoms. The van der Waals surface area contributed by atoms with E-state index in [4.69, 9.17) is 9.47 Å². The lowest BCUT2D eigenvalue weighted by Crippen LogP contribution is -2.05. The van der Waals surface area contributed by atoms with Crippen molar-refractivity contribution in [3.63, 3.8) is 0 Å². The van der Waals surface area contributed by atoms with E-state index in [1.165, 1.54) is 11.1 Å². The van der Waals surface area contributed by atoms with Crippen LogP contribution < -0.4 is 0 Å². The van der Waals surface area contributed by atoms with Crippen molar-refractivity contribution in [3.8, 4) is 11.1 Å². The van der Waals surface area contributed by atoms with Crippen LogP contribution in [0.3, 0.4) is 0 Å². The van der Waals surface area contributed by atoms with Gasteiger partial charge in [-0.3, -0.25) is 0 Å². The SMILES string of the molecule is CCOC(=S)OCC.c1ccc(-c2ccccc2)cc1. The summed E-state index contributed by atoms with van der Waals surface area (Å²) in [5.74, 6) is 0. The molecular weight excluding hydrogens is 268 g/mol. The predicted octanol–water partition coefficient (Wildman–Crippen LogP) is 4.70. The van der Waals surface area contributed by atoms with E-state index >= 15 is 0 Å². The van der Waals surface area contributed by atoms with Crippen LogP contribution in [-0.4, -0.2) is 18.5 Å². The Labute approximate surface area is 126 Å². The van der Waals surface area contributed by atoms with Gasteiger partial charge in [-0.2, -0.15) is 0 Å². The lowest BCUT2D eigenvalue weighted by atomic mass is 10.1. The Hall–Kier alpha value is -1.87. The topological polar surface area (TPSA) is 18.5 Å². The minimum Gasteiger partial charge on any atom is -0.457 e. The van der Waals surface area contributed by atoms with Crippen LogP contribution in [0.5, 0.6) is 0 Å². The summed E-state index contributed by atoms with van der Waals surface area (Å²) in [6.45, 7) is 4.90.